The van der Waals surface area contributed by atoms with Gasteiger partial charge in [0, 0.05) is 18.2 Å². The second-order valence-corrected chi connectivity index (χ2v) is 5.27. The molecule has 1 aliphatic rings. The first kappa shape index (κ1) is 15.3. The summed E-state index contributed by atoms with van der Waals surface area (Å²) >= 11 is 0. The first-order valence-corrected chi connectivity index (χ1v) is 7.15. The lowest BCUT2D eigenvalue weighted by atomic mass is 10.0. The molecule has 1 heterocycles. The van der Waals surface area contributed by atoms with Gasteiger partial charge in [0.1, 0.15) is 5.82 Å². The first-order valence-electron chi connectivity index (χ1n) is 7.15. The summed E-state index contributed by atoms with van der Waals surface area (Å²) in [5.41, 5.74) is 1.67. The van der Waals surface area contributed by atoms with Crippen molar-refractivity contribution in [1.29, 1.82) is 0 Å². The summed E-state index contributed by atoms with van der Waals surface area (Å²) in [6.07, 6.45) is 1.82. The smallest absolute Gasteiger partial charge is 0.239 e. The van der Waals surface area contributed by atoms with Crippen molar-refractivity contribution in [2.24, 2.45) is 0 Å². The third-order valence-corrected chi connectivity index (χ3v) is 3.55. The average Bonchev–Trinajstić information content (AvgIpc) is 2.44. The summed E-state index contributed by atoms with van der Waals surface area (Å²) in [5.74, 6) is -0.752. The predicted molar refractivity (Wildman–Crippen MR) is 79.7 cm³/mol. The van der Waals surface area contributed by atoms with Crippen LogP contribution < -0.4 is 16.0 Å². The summed E-state index contributed by atoms with van der Waals surface area (Å²) in [6, 6.07) is 3.05. The van der Waals surface area contributed by atoms with E-state index in [-0.39, 0.29) is 30.1 Å². The molecule has 6 heteroatoms. The fourth-order valence-corrected chi connectivity index (χ4v) is 2.14. The van der Waals surface area contributed by atoms with Crippen molar-refractivity contribution in [2.75, 3.05) is 17.2 Å². The van der Waals surface area contributed by atoms with Gasteiger partial charge in [0.2, 0.25) is 11.8 Å². The number of amides is 2. The van der Waals surface area contributed by atoms with Crippen molar-refractivity contribution in [2.45, 2.75) is 39.2 Å². The Bertz CT molecular complexity index is 560. The average molecular weight is 293 g/mol. The SMILES string of the molecule is CC[C@H](C)NC(=O)CNc1cc2c(cc1F)NC(=O)CC2. The highest BCUT2D eigenvalue weighted by atomic mass is 19.1. The lowest BCUT2D eigenvalue weighted by Crippen LogP contribution is -2.36. The summed E-state index contributed by atoms with van der Waals surface area (Å²) in [5, 5.41) is 8.25. The summed E-state index contributed by atoms with van der Waals surface area (Å²) in [7, 11) is 0. The van der Waals surface area contributed by atoms with Crippen LogP contribution in [0.15, 0.2) is 12.1 Å². The number of hydrogen-bond acceptors (Lipinski definition) is 3. The van der Waals surface area contributed by atoms with Crippen LogP contribution >= 0.6 is 0 Å². The molecule has 1 aromatic rings. The van der Waals surface area contributed by atoms with Crippen LogP contribution in [0.2, 0.25) is 0 Å². The van der Waals surface area contributed by atoms with Gasteiger partial charge in [-0.25, -0.2) is 4.39 Å². The number of halogens is 1. The number of nitrogens with one attached hydrogen (secondary N) is 3. The van der Waals surface area contributed by atoms with E-state index in [1.807, 2.05) is 13.8 Å². The number of aryl methyl sites for hydroxylation is 1. The van der Waals surface area contributed by atoms with Crippen molar-refractivity contribution in [3.8, 4) is 0 Å². The minimum Gasteiger partial charge on any atom is -0.374 e. The highest BCUT2D eigenvalue weighted by molar-refractivity contribution is 5.94. The van der Waals surface area contributed by atoms with Crippen LogP contribution in [0, 0.1) is 5.82 Å². The maximum Gasteiger partial charge on any atom is 0.239 e. The van der Waals surface area contributed by atoms with E-state index in [0.717, 1.165) is 12.0 Å². The highest BCUT2D eigenvalue weighted by Crippen LogP contribution is 2.28. The Balaban J connectivity index is 2.01. The first-order chi connectivity index (χ1) is 9.99. The van der Waals surface area contributed by atoms with Gasteiger partial charge in [-0.2, -0.15) is 0 Å². The number of fused-ring (bicyclic) bond motifs is 1. The monoisotopic (exact) mass is 293 g/mol. The van der Waals surface area contributed by atoms with Gasteiger partial charge < -0.3 is 16.0 Å². The molecule has 0 saturated heterocycles. The van der Waals surface area contributed by atoms with E-state index < -0.39 is 5.82 Å². The standard InChI is InChI=1S/C15H20FN3O2/c1-3-9(2)18-15(21)8-17-13-6-10-4-5-14(20)19-12(10)7-11(13)16/h6-7,9,17H,3-5,8H2,1-2H3,(H,18,21)(H,19,20)/t9-/m0/s1. The molecule has 0 aromatic heterocycles. The van der Waals surface area contributed by atoms with Crippen LogP contribution in [-0.2, 0) is 16.0 Å². The van der Waals surface area contributed by atoms with Crippen molar-refractivity contribution in [3.63, 3.8) is 0 Å². The van der Waals surface area contributed by atoms with Gasteiger partial charge in [0.05, 0.1) is 12.2 Å². The Morgan fingerprint density at radius 2 is 2.19 bits per heavy atom. The molecule has 1 aromatic carbocycles. The van der Waals surface area contributed by atoms with Gasteiger partial charge in [-0.3, -0.25) is 9.59 Å². The second kappa shape index (κ2) is 6.56. The third kappa shape index (κ3) is 3.93. The van der Waals surface area contributed by atoms with Crippen LogP contribution in [0.4, 0.5) is 15.8 Å². The van der Waals surface area contributed by atoms with Crippen molar-refractivity contribution in [3.05, 3.63) is 23.5 Å². The van der Waals surface area contributed by atoms with Gasteiger partial charge in [-0.05, 0) is 37.5 Å². The normalized spacial score (nSPS) is 14.9. The molecule has 3 N–H and O–H groups in total. The maximum absolute atomic E-state index is 13.9. The van der Waals surface area contributed by atoms with E-state index in [4.69, 9.17) is 0 Å². The summed E-state index contributed by atoms with van der Waals surface area (Å²) in [4.78, 5) is 22.9. The van der Waals surface area contributed by atoms with Crippen LogP contribution in [0.3, 0.4) is 0 Å². The predicted octanol–water partition coefficient (Wildman–Crippen LogP) is 2.04. The molecule has 5 nitrogen and oxygen atoms in total. The Morgan fingerprint density at radius 1 is 1.43 bits per heavy atom. The van der Waals surface area contributed by atoms with Crippen LogP contribution in [-0.4, -0.2) is 24.4 Å². The molecular weight excluding hydrogens is 273 g/mol. The lowest BCUT2D eigenvalue weighted by Gasteiger charge is -2.19. The molecule has 0 radical (unpaired) electrons. The number of benzene rings is 1. The molecule has 0 bridgehead atoms. The van der Waals surface area contributed by atoms with Crippen molar-refractivity contribution in [1.82, 2.24) is 5.32 Å². The van der Waals surface area contributed by atoms with E-state index in [0.29, 0.717) is 18.5 Å². The quantitative estimate of drug-likeness (QED) is 0.778. The number of anilines is 2. The molecule has 2 rings (SSSR count). The van der Waals surface area contributed by atoms with Crippen LogP contribution in [0.5, 0.6) is 0 Å². The van der Waals surface area contributed by atoms with Gasteiger partial charge in [-0.15, -0.1) is 0 Å². The zero-order valence-electron chi connectivity index (χ0n) is 12.3. The minimum absolute atomic E-state index is 0.0202. The Kier molecular flexibility index (Phi) is 4.77. The van der Waals surface area contributed by atoms with Gasteiger partial charge >= 0.3 is 0 Å². The molecule has 0 spiro atoms. The fourth-order valence-electron chi connectivity index (χ4n) is 2.14. The largest absolute Gasteiger partial charge is 0.374 e. The Morgan fingerprint density at radius 3 is 2.90 bits per heavy atom. The molecule has 114 valence electrons. The number of carbonyl (C=O) groups is 2. The number of hydrogen-bond donors (Lipinski definition) is 3. The summed E-state index contributed by atoms with van der Waals surface area (Å²) < 4.78 is 13.9. The fraction of sp³-hybridized carbons (Fsp3) is 0.467. The van der Waals surface area contributed by atoms with Crippen molar-refractivity contribution < 1.29 is 14.0 Å². The minimum atomic E-state index is -0.479. The van der Waals surface area contributed by atoms with E-state index >= 15 is 0 Å². The Labute approximate surface area is 123 Å². The van der Waals surface area contributed by atoms with E-state index in [2.05, 4.69) is 16.0 Å². The van der Waals surface area contributed by atoms with Gasteiger partial charge in [0.15, 0.2) is 0 Å². The highest BCUT2D eigenvalue weighted by Gasteiger charge is 2.17. The Hall–Kier alpha value is -2.11. The molecule has 0 aliphatic carbocycles. The maximum atomic E-state index is 13.9. The van der Waals surface area contributed by atoms with E-state index in [9.17, 15) is 14.0 Å². The third-order valence-electron chi connectivity index (χ3n) is 3.55. The second-order valence-electron chi connectivity index (χ2n) is 5.27. The summed E-state index contributed by atoms with van der Waals surface area (Å²) in [6.45, 7) is 3.92. The van der Waals surface area contributed by atoms with Gasteiger partial charge in [0.25, 0.3) is 0 Å². The number of carbonyl (C=O) groups excluding carboxylic acids is 2. The molecule has 0 unspecified atom stereocenters. The zero-order chi connectivity index (χ0) is 15.4. The number of rotatable bonds is 5. The van der Waals surface area contributed by atoms with E-state index in [1.165, 1.54) is 6.07 Å². The van der Waals surface area contributed by atoms with Gasteiger partial charge in [-0.1, -0.05) is 6.92 Å². The molecule has 0 saturated carbocycles. The van der Waals surface area contributed by atoms with Crippen LogP contribution in [0.25, 0.3) is 0 Å². The lowest BCUT2D eigenvalue weighted by molar-refractivity contribution is -0.120. The van der Waals surface area contributed by atoms with Crippen molar-refractivity contribution >= 4 is 23.2 Å². The van der Waals surface area contributed by atoms with E-state index in [1.54, 1.807) is 6.07 Å². The topological polar surface area (TPSA) is 70.2 Å². The zero-order valence-corrected chi connectivity index (χ0v) is 12.3. The molecule has 21 heavy (non-hydrogen) atoms. The molecular formula is C15H20FN3O2. The van der Waals surface area contributed by atoms with Crippen LogP contribution in [0.1, 0.15) is 32.3 Å². The molecule has 1 atom stereocenters. The molecule has 0 fully saturated rings. The molecule has 2 amide bonds. The molecule has 1 aliphatic heterocycles.